The number of hydrogen-bond acceptors (Lipinski definition) is 10. The van der Waals surface area contributed by atoms with E-state index >= 15 is 0 Å². The molecule has 0 bridgehead atoms. The largest absolute Gasteiger partial charge is 1.00 e. The number of allylic oxidation sites excluding steroid dienone is 1. The van der Waals surface area contributed by atoms with Gasteiger partial charge in [0.25, 0.3) is 0 Å². The van der Waals surface area contributed by atoms with Gasteiger partial charge < -0.3 is 34.5 Å². The first-order valence-corrected chi connectivity index (χ1v) is 9.27. The van der Waals surface area contributed by atoms with Gasteiger partial charge in [-0.05, 0) is 19.8 Å². The molecule has 12 heteroatoms. The van der Waals surface area contributed by atoms with Gasteiger partial charge in [-0.1, -0.05) is 17.7 Å². The van der Waals surface area contributed by atoms with Crippen LogP contribution in [0.15, 0.2) is 24.3 Å². The number of rotatable bonds is 10. The number of aliphatic hydroxyl groups is 4. The molecule has 1 heterocycles. The minimum absolute atomic E-state index is 0. The van der Waals surface area contributed by atoms with Gasteiger partial charge in [-0.2, -0.15) is 0 Å². The summed E-state index contributed by atoms with van der Waals surface area (Å²) in [6.45, 7) is 4.54. The third-order valence-electron chi connectivity index (χ3n) is 3.82. The van der Waals surface area contributed by atoms with Crippen LogP contribution in [0, 0.1) is 0 Å². The second-order valence-electron chi connectivity index (χ2n) is 5.87. The third-order valence-corrected chi connectivity index (χ3v) is 4.27. The van der Waals surface area contributed by atoms with Gasteiger partial charge in [0.05, 0.1) is 19.3 Å². The summed E-state index contributed by atoms with van der Waals surface area (Å²) in [6, 6.07) is 0. The van der Waals surface area contributed by atoms with Gasteiger partial charge in [0, 0.05) is 0 Å². The molecule has 1 saturated heterocycles. The van der Waals surface area contributed by atoms with Gasteiger partial charge >= 0.3 is 51.4 Å². The molecule has 0 amide bonds. The number of aliphatic hydroxyl groups excluding tert-OH is 4. The van der Waals surface area contributed by atoms with E-state index in [9.17, 15) is 28.3 Å². The Bertz CT molecular complexity index is 581. The Morgan fingerprint density at radius 2 is 1.96 bits per heavy atom. The first-order valence-electron chi connectivity index (χ1n) is 7.94. The second-order valence-corrected chi connectivity index (χ2v) is 6.88. The molecule has 1 aliphatic rings. The molecule has 0 aromatic rings. The van der Waals surface area contributed by atoms with E-state index in [2.05, 4.69) is 10.8 Å². The van der Waals surface area contributed by atoms with Crippen molar-refractivity contribution in [1.29, 1.82) is 0 Å². The summed E-state index contributed by atoms with van der Waals surface area (Å²) in [7, 11) is -5.22. The van der Waals surface area contributed by atoms with E-state index in [1.165, 1.54) is 6.08 Å². The molecule has 0 aromatic carbocycles. The molecule has 0 saturated carbocycles. The quantitative estimate of drug-likeness (QED) is 0.114. The van der Waals surface area contributed by atoms with Crippen molar-refractivity contribution in [2.45, 2.75) is 56.6 Å². The van der Waals surface area contributed by atoms with E-state index in [4.69, 9.17) is 14.6 Å². The van der Waals surface area contributed by atoms with Crippen LogP contribution in [-0.2, 0) is 24.1 Å². The van der Waals surface area contributed by atoms with Crippen molar-refractivity contribution in [2.75, 3.05) is 13.2 Å². The van der Waals surface area contributed by atoms with Crippen molar-refractivity contribution in [3.05, 3.63) is 24.3 Å². The minimum Gasteiger partial charge on any atom is -0.726 e. The van der Waals surface area contributed by atoms with Gasteiger partial charge in [0.15, 0.2) is 6.29 Å². The van der Waals surface area contributed by atoms with E-state index in [1.54, 1.807) is 13.0 Å². The summed E-state index contributed by atoms with van der Waals surface area (Å²) in [4.78, 5) is 0. The van der Waals surface area contributed by atoms with E-state index in [1.807, 2.05) is 0 Å². The van der Waals surface area contributed by atoms with Crippen LogP contribution in [0.3, 0.4) is 0 Å². The fourth-order valence-corrected chi connectivity index (χ4v) is 2.89. The van der Waals surface area contributed by atoms with Crippen LogP contribution in [0.2, 0.25) is 0 Å². The van der Waals surface area contributed by atoms with Crippen LogP contribution in [0.4, 0.5) is 0 Å². The van der Waals surface area contributed by atoms with Crippen LogP contribution in [-0.4, -0.2) is 83.4 Å². The molecular weight excluding hydrogens is 411 g/mol. The maximum Gasteiger partial charge on any atom is 1.00 e. The third kappa shape index (κ3) is 9.40. The molecule has 1 fully saturated rings. The van der Waals surface area contributed by atoms with E-state index in [0.717, 1.165) is 5.57 Å². The molecule has 152 valence electrons. The van der Waals surface area contributed by atoms with Crippen molar-refractivity contribution >= 4 is 10.4 Å². The molecule has 0 radical (unpaired) electrons. The average Bonchev–Trinajstić information content (AvgIpc) is 2.58. The normalized spacial score (nSPS) is 30.4. The Labute approximate surface area is 201 Å². The molecule has 0 spiro atoms. The molecule has 10 nitrogen and oxygen atoms in total. The van der Waals surface area contributed by atoms with Gasteiger partial charge in [-0.15, -0.1) is 6.58 Å². The summed E-state index contributed by atoms with van der Waals surface area (Å²) in [5, 5.41) is 38.3. The predicted molar refractivity (Wildman–Crippen MR) is 87.5 cm³/mol. The smallest absolute Gasteiger partial charge is 0.726 e. The predicted octanol–water partition coefficient (Wildman–Crippen LogP) is -4.44. The van der Waals surface area contributed by atoms with Crippen molar-refractivity contribution in [2.24, 2.45) is 0 Å². The Hall–Kier alpha value is 0.746. The molecule has 0 aliphatic carbocycles. The average molecular weight is 437 g/mol. The molecule has 0 unspecified atom stereocenters. The molecule has 27 heavy (non-hydrogen) atoms. The monoisotopic (exact) mass is 436 g/mol. The van der Waals surface area contributed by atoms with Crippen LogP contribution < -0.4 is 51.4 Å². The van der Waals surface area contributed by atoms with Crippen molar-refractivity contribution in [1.82, 2.24) is 0 Å². The van der Waals surface area contributed by atoms with Gasteiger partial charge in [0.1, 0.15) is 24.4 Å². The molecule has 6 atom stereocenters. The van der Waals surface area contributed by atoms with E-state index in [0.29, 0.717) is 12.8 Å². The van der Waals surface area contributed by atoms with Crippen LogP contribution in [0.25, 0.3) is 0 Å². The first-order chi connectivity index (χ1) is 12.1. The number of ether oxygens (including phenoxy) is 2. The molecule has 1 aliphatic heterocycles. The van der Waals surface area contributed by atoms with E-state index in [-0.39, 0.29) is 58.0 Å². The Morgan fingerprint density at radius 1 is 1.33 bits per heavy atom. The first kappa shape index (κ1) is 27.7. The summed E-state index contributed by atoms with van der Waals surface area (Å²) >= 11 is 0. The van der Waals surface area contributed by atoms with Crippen molar-refractivity contribution in [3.63, 3.8) is 0 Å². The summed E-state index contributed by atoms with van der Waals surface area (Å²) in [5.41, 5.74) is 0.763. The SMILES string of the molecule is C=C[C@H](CC/C=C(\C)CO)O[C@@H]1O[C@H](CO)[C@@H](O)[C@H](OS(=O)(=O)[O-])[C@H]1O.[K+]. The standard InChI is InChI=1S/C15H26O10S.K/c1-3-10(6-4-5-9(2)7-16)23-15-13(19)14(25-26(20,21)22)12(18)11(8-17)24-15;/h3,5,10-19H,1,4,6-8H2,2H3,(H,20,21,22);/q;+1/p-1/b9-5+;/t10-,11-,12-,13-,14+,15-;/m1./s1. The Balaban J connectivity index is 0.00000676. The summed E-state index contributed by atoms with van der Waals surface area (Å²) in [6.07, 6.45) is -4.68. The zero-order chi connectivity index (χ0) is 19.9. The van der Waals surface area contributed by atoms with E-state index < -0.39 is 53.8 Å². The zero-order valence-electron chi connectivity index (χ0n) is 15.3. The fourth-order valence-electron chi connectivity index (χ4n) is 2.39. The molecule has 4 N–H and O–H groups in total. The molecular formula is C15H25KO10S. The number of hydrogen-bond donors (Lipinski definition) is 4. The summed E-state index contributed by atoms with van der Waals surface area (Å²) in [5.74, 6) is 0. The molecule has 0 aromatic heterocycles. The van der Waals surface area contributed by atoms with Crippen LogP contribution in [0.5, 0.6) is 0 Å². The van der Waals surface area contributed by atoms with Gasteiger partial charge in [-0.25, -0.2) is 8.42 Å². The van der Waals surface area contributed by atoms with Crippen molar-refractivity contribution in [3.8, 4) is 0 Å². The Kier molecular flexibility index (Phi) is 13.5. The van der Waals surface area contributed by atoms with Crippen LogP contribution >= 0.6 is 0 Å². The zero-order valence-corrected chi connectivity index (χ0v) is 19.2. The molecule has 1 rings (SSSR count). The maximum atomic E-state index is 10.8. The van der Waals surface area contributed by atoms with Gasteiger partial charge in [-0.3, -0.25) is 4.18 Å². The topological polar surface area (TPSA) is 166 Å². The maximum absolute atomic E-state index is 10.8. The second kappa shape index (κ2) is 13.1. The summed E-state index contributed by atoms with van der Waals surface area (Å²) < 4.78 is 47.4. The minimum atomic E-state index is -5.22. The fraction of sp³-hybridized carbons (Fsp3) is 0.733. The Morgan fingerprint density at radius 3 is 2.44 bits per heavy atom. The van der Waals surface area contributed by atoms with Crippen LogP contribution in [0.1, 0.15) is 19.8 Å². The van der Waals surface area contributed by atoms with Crippen molar-refractivity contribution < 1.29 is 98.4 Å². The van der Waals surface area contributed by atoms with Gasteiger partial charge in [0.2, 0.25) is 10.4 Å².